The van der Waals surface area contributed by atoms with E-state index in [2.05, 4.69) is 27.6 Å². The lowest BCUT2D eigenvalue weighted by Crippen LogP contribution is -1.88. The van der Waals surface area contributed by atoms with Crippen LogP contribution in [0.15, 0.2) is 42.6 Å². The van der Waals surface area contributed by atoms with E-state index in [4.69, 9.17) is 0 Å². The number of nitrogens with zero attached hydrogens (tertiary/aromatic N) is 1. The van der Waals surface area contributed by atoms with Crippen molar-refractivity contribution in [2.24, 2.45) is 0 Å². The average Bonchev–Trinajstić information content (AvgIpc) is 2.18. The molecule has 0 spiro atoms. The lowest BCUT2D eigenvalue weighted by Gasteiger charge is -2.01. The predicted octanol–water partition coefficient (Wildman–Crippen LogP) is 3.49. The maximum Gasteiger partial charge on any atom is 0.149 e. The lowest BCUT2D eigenvalue weighted by atomic mass is 10.1. The lowest BCUT2D eigenvalue weighted by molar-refractivity contribution is 0.626. The highest BCUT2D eigenvalue weighted by molar-refractivity contribution is 14.1. The number of benzene rings is 1. The molecule has 0 radical (unpaired) electrons. The molecule has 0 fully saturated rings. The quantitative estimate of drug-likeness (QED) is 0.735. The van der Waals surface area contributed by atoms with Crippen molar-refractivity contribution in [3.8, 4) is 11.3 Å². The Bertz CT molecular complexity index is 457. The van der Waals surface area contributed by atoms with Crippen LogP contribution in [-0.2, 0) is 0 Å². The standard InChI is InChI=1S/C11H7FIN/c12-10-5-2-6-14-11(10)8-3-1-4-9(13)7-8/h1-7H. The molecule has 0 aliphatic carbocycles. The van der Waals surface area contributed by atoms with Crippen LogP contribution >= 0.6 is 22.6 Å². The van der Waals surface area contributed by atoms with Gasteiger partial charge in [0.15, 0.2) is 0 Å². The molecule has 1 aromatic heterocycles. The zero-order chi connectivity index (χ0) is 9.97. The van der Waals surface area contributed by atoms with Crippen molar-refractivity contribution in [1.82, 2.24) is 4.98 Å². The van der Waals surface area contributed by atoms with Gasteiger partial charge < -0.3 is 0 Å². The third kappa shape index (κ3) is 1.92. The van der Waals surface area contributed by atoms with Crippen LogP contribution in [0.4, 0.5) is 4.39 Å². The summed E-state index contributed by atoms with van der Waals surface area (Å²) in [5.41, 5.74) is 1.22. The number of hydrogen-bond acceptors (Lipinski definition) is 1. The van der Waals surface area contributed by atoms with Crippen LogP contribution in [0.25, 0.3) is 11.3 Å². The van der Waals surface area contributed by atoms with Crippen molar-refractivity contribution in [2.75, 3.05) is 0 Å². The van der Waals surface area contributed by atoms with Crippen molar-refractivity contribution in [3.63, 3.8) is 0 Å². The summed E-state index contributed by atoms with van der Waals surface area (Å²) < 4.78 is 14.4. The maximum absolute atomic E-state index is 13.3. The number of pyridine rings is 1. The van der Waals surface area contributed by atoms with Gasteiger partial charge >= 0.3 is 0 Å². The number of aromatic nitrogens is 1. The Morgan fingerprint density at radius 1 is 1.14 bits per heavy atom. The van der Waals surface area contributed by atoms with Crippen LogP contribution in [0, 0.1) is 9.39 Å². The van der Waals surface area contributed by atoms with Crippen LogP contribution < -0.4 is 0 Å². The molecule has 1 aromatic carbocycles. The Morgan fingerprint density at radius 2 is 2.00 bits per heavy atom. The minimum Gasteiger partial charge on any atom is -0.253 e. The molecule has 2 rings (SSSR count). The van der Waals surface area contributed by atoms with Crippen molar-refractivity contribution in [1.29, 1.82) is 0 Å². The summed E-state index contributed by atoms with van der Waals surface area (Å²) in [6, 6.07) is 10.6. The van der Waals surface area contributed by atoms with E-state index in [1.54, 1.807) is 12.3 Å². The number of rotatable bonds is 1. The SMILES string of the molecule is Fc1cccnc1-c1cccc(I)c1. The summed E-state index contributed by atoms with van der Waals surface area (Å²) >= 11 is 2.19. The minimum absolute atomic E-state index is 0.283. The van der Waals surface area contributed by atoms with Gasteiger partial charge in [0.1, 0.15) is 11.5 Å². The molecule has 3 heteroatoms. The topological polar surface area (TPSA) is 12.9 Å². The normalized spacial score (nSPS) is 10.1. The van der Waals surface area contributed by atoms with E-state index in [0.717, 1.165) is 9.13 Å². The summed E-state index contributed by atoms with van der Waals surface area (Å²) in [4.78, 5) is 4.01. The highest BCUT2D eigenvalue weighted by Crippen LogP contribution is 2.21. The maximum atomic E-state index is 13.3. The first-order valence-electron chi connectivity index (χ1n) is 4.14. The predicted molar refractivity (Wildman–Crippen MR) is 62.3 cm³/mol. The molecule has 14 heavy (non-hydrogen) atoms. The largest absolute Gasteiger partial charge is 0.253 e. The molecular formula is C11H7FIN. The van der Waals surface area contributed by atoms with E-state index in [9.17, 15) is 4.39 Å². The fraction of sp³-hybridized carbons (Fsp3) is 0. The molecular weight excluding hydrogens is 292 g/mol. The Hall–Kier alpha value is -0.970. The molecule has 0 aliphatic heterocycles. The second kappa shape index (κ2) is 4.04. The molecule has 0 atom stereocenters. The van der Waals surface area contributed by atoms with Gasteiger partial charge in [-0.25, -0.2) is 4.39 Å². The summed E-state index contributed by atoms with van der Waals surface area (Å²) in [7, 11) is 0. The van der Waals surface area contributed by atoms with E-state index in [1.165, 1.54) is 6.07 Å². The van der Waals surface area contributed by atoms with Crippen LogP contribution in [0.5, 0.6) is 0 Å². The highest BCUT2D eigenvalue weighted by atomic mass is 127. The van der Waals surface area contributed by atoms with Crippen molar-refractivity contribution in [2.45, 2.75) is 0 Å². The molecule has 0 aliphatic rings. The molecule has 0 N–H and O–H groups in total. The van der Waals surface area contributed by atoms with E-state index in [0.29, 0.717) is 5.69 Å². The molecule has 0 saturated carbocycles. The summed E-state index contributed by atoms with van der Waals surface area (Å²) in [6.07, 6.45) is 1.60. The highest BCUT2D eigenvalue weighted by Gasteiger charge is 2.04. The zero-order valence-corrected chi connectivity index (χ0v) is 9.40. The molecule has 0 saturated heterocycles. The fourth-order valence-corrected chi connectivity index (χ4v) is 1.78. The third-order valence-corrected chi connectivity index (χ3v) is 2.53. The monoisotopic (exact) mass is 299 g/mol. The van der Waals surface area contributed by atoms with E-state index in [1.807, 2.05) is 24.3 Å². The number of halogens is 2. The Morgan fingerprint density at radius 3 is 2.71 bits per heavy atom. The van der Waals surface area contributed by atoms with Crippen molar-refractivity contribution < 1.29 is 4.39 Å². The van der Waals surface area contributed by atoms with Gasteiger partial charge in [0.25, 0.3) is 0 Å². The summed E-state index contributed by atoms with van der Waals surface area (Å²) in [5.74, 6) is -0.283. The molecule has 1 heterocycles. The second-order valence-electron chi connectivity index (χ2n) is 2.84. The first kappa shape index (κ1) is 9.58. The van der Waals surface area contributed by atoms with Gasteiger partial charge in [-0.05, 0) is 46.9 Å². The smallest absolute Gasteiger partial charge is 0.149 e. The van der Waals surface area contributed by atoms with Gasteiger partial charge in [-0.1, -0.05) is 12.1 Å². The zero-order valence-electron chi connectivity index (χ0n) is 7.24. The Kier molecular flexibility index (Phi) is 2.77. The molecule has 0 amide bonds. The van der Waals surface area contributed by atoms with Crippen molar-refractivity contribution >= 4 is 22.6 Å². The van der Waals surface area contributed by atoms with Gasteiger partial charge in [-0.3, -0.25) is 4.98 Å². The first-order chi connectivity index (χ1) is 6.77. The van der Waals surface area contributed by atoms with E-state index < -0.39 is 0 Å². The minimum atomic E-state index is -0.283. The Labute approximate surface area is 95.1 Å². The van der Waals surface area contributed by atoms with Gasteiger partial charge in [-0.15, -0.1) is 0 Å². The van der Waals surface area contributed by atoms with Gasteiger partial charge in [0.2, 0.25) is 0 Å². The number of hydrogen-bond donors (Lipinski definition) is 0. The fourth-order valence-electron chi connectivity index (χ4n) is 1.23. The first-order valence-corrected chi connectivity index (χ1v) is 5.22. The van der Waals surface area contributed by atoms with Gasteiger partial charge in [0, 0.05) is 15.3 Å². The van der Waals surface area contributed by atoms with Crippen molar-refractivity contribution in [3.05, 3.63) is 52.0 Å². The Balaban J connectivity index is 2.55. The third-order valence-electron chi connectivity index (χ3n) is 1.86. The van der Waals surface area contributed by atoms with Crippen LogP contribution in [0.2, 0.25) is 0 Å². The van der Waals surface area contributed by atoms with Gasteiger partial charge in [-0.2, -0.15) is 0 Å². The van der Waals surface area contributed by atoms with Crippen LogP contribution in [0.1, 0.15) is 0 Å². The molecule has 0 bridgehead atoms. The van der Waals surface area contributed by atoms with Crippen LogP contribution in [0.3, 0.4) is 0 Å². The molecule has 2 aromatic rings. The van der Waals surface area contributed by atoms with Gasteiger partial charge in [0.05, 0.1) is 0 Å². The summed E-state index contributed by atoms with van der Waals surface area (Å²) in [5, 5.41) is 0. The van der Waals surface area contributed by atoms with Crippen LogP contribution in [-0.4, -0.2) is 4.98 Å². The average molecular weight is 299 g/mol. The molecule has 0 unspecified atom stereocenters. The second-order valence-corrected chi connectivity index (χ2v) is 4.09. The van der Waals surface area contributed by atoms with E-state index >= 15 is 0 Å². The van der Waals surface area contributed by atoms with E-state index in [-0.39, 0.29) is 5.82 Å². The summed E-state index contributed by atoms with van der Waals surface area (Å²) in [6.45, 7) is 0. The molecule has 70 valence electrons. The molecule has 1 nitrogen and oxygen atoms in total.